The standard InChI is InChI=1S/C26H17ClF2N2O/c27-19-5-3-4-17(13-19)18-7-8-24-22(14-18)23(12-16-10-20(28)15-21(29)11-16)26(32)31(24)25-6-1-2-9-30-25/h1-11,13-15,23H,12H2. The van der Waals surface area contributed by atoms with Crippen LogP contribution in [0.25, 0.3) is 11.1 Å². The summed E-state index contributed by atoms with van der Waals surface area (Å²) in [5.41, 5.74) is 3.73. The minimum atomic E-state index is -0.667. The van der Waals surface area contributed by atoms with Crippen LogP contribution in [0.3, 0.4) is 0 Å². The highest BCUT2D eigenvalue weighted by Gasteiger charge is 2.39. The molecule has 5 rings (SSSR count). The number of fused-ring (bicyclic) bond motifs is 1. The molecule has 158 valence electrons. The lowest BCUT2D eigenvalue weighted by atomic mass is 9.91. The van der Waals surface area contributed by atoms with Crippen LogP contribution in [0, 0.1) is 11.6 Å². The second-order valence-electron chi connectivity index (χ2n) is 7.68. The second-order valence-corrected chi connectivity index (χ2v) is 8.12. The first-order chi connectivity index (χ1) is 15.5. The van der Waals surface area contributed by atoms with E-state index in [-0.39, 0.29) is 12.3 Å². The first kappa shape index (κ1) is 20.3. The van der Waals surface area contributed by atoms with Crippen molar-refractivity contribution in [1.82, 2.24) is 4.98 Å². The van der Waals surface area contributed by atoms with Gasteiger partial charge in [0.15, 0.2) is 0 Å². The maximum absolute atomic E-state index is 13.8. The summed E-state index contributed by atoms with van der Waals surface area (Å²) in [6.45, 7) is 0. The first-order valence-corrected chi connectivity index (χ1v) is 10.5. The zero-order chi connectivity index (χ0) is 22.2. The van der Waals surface area contributed by atoms with Crippen LogP contribution in [-0.4, -0.2) is 10.9 Å². The Morgan fingerprint density at radius 1 is 0.875 bits per heavy atom. The fourth-order valence-corrected chi connectivity index (χ4v) is 4.37. The lowest BCUT2D eigenvalue weighted by Crippen LogP contribution is -2.25. The number of nitrogens with zero attached hydrogens (tertiary/aromatic N) is 2. The van der Waals surface area contributed by atoms with Crippen LogP contribution >= 0.6 is 11.6 Å². The number of carbonyl (C=O) groups excluding carboxylic acids is 1. The third kappa shape index (κ3) is 3.76. The number of carbonyl (C=O) groups is 1. The molecule has 3 nitrogen and oxygen atoms in total. The fourth-order valence-electron chi connectivity index (χ4n) is 4.18. The van der Waals surface area contributed by atoms with E-state index in [4.69, 9.17) is 11.6 Å². The Hall–Kier alpha value is -3.57. The Morgan fingerprint density at radius 2 is 1.66 bits per heavy atom. The minimum absolute atomic E-state index is 0.169. The van der Waals surface area contributed by atoms with Gasteiger partial charge >= 0.3 is 0 Å². The Morgan fingerprint density at radius 3 is 2.38 bits per heavy atom. The molecule has 6 heteroatoms. The SMILES string of the molecule is O=C1C(Cc2cc(F)cc(F)c2)c2cc(-c3cccc(Cl)c3)ccc2N1c1ccccn1. The number of hydrogen-bond donors (Lipinski definition) is 0. The minimum Gasteiger partial charge on any atom is -0.273 e. The van der Waals surface area contributed by atoms with Gasteiger partial charge in [0.25, 0.3) is 0 Å². The molecule has 0 N–H and O–H groups in total. The van der Waals surface area contributed by atoms with Gasteiger partial charge in [0.2, 0.25) is 5.91 Å². The molecule has 0 spiro atoms. The molecular formula is C26H17ClF2N2O. The van der Waals surface area contributed by atoms with E-state index in [1.165, 1.54) is 12.1 Å². The van der Waals surface area contributed by atoms with Gasteiger partial charge < -0.3 is 0 Å². The molecule has 0 saturated carbocycles. The number of aromatic nitrogens is 1. The molecule has 1 aromatic heterocycles. The van der Waals surface area contributed by atoms with Crippen molar-refractivity contribution in [3.63, 3.8) is 0 Å². The van der Waals surface area contributed by atoms with Gasteiger partial charge in [-0.3, -0.25) is 9.69 Å². The fraction of sp³-hybridized carbons (Fsp3) is 0.0769. The summed E-state index contributed by atoms with van der Waals surface area (Å²) in [4.78, 5) is 19.4. The van der Waals surface area contributed by atoms with Crippen molar-refractivity contribution >= 4 is 29.0 Å². The molecule has 0 fully saturated rings. The number of halogens is 3. The number of anilines is 2. The van der Waals surface area contributed by atoms with Crippen LogP contribution in [0.4, 0.5) is 20.3 Å². The van der Waals surface area contributed by atoms with Gasteiger partial charge in [-0.05, 0) is 77.2 Å². The summed E-state index contributed by atoms with van der Waals surface area (Å²) in [6.07, 6.45) is 1.79. The molecule has 0 saturated heterocycles. The van der Waals surface area contributed by atoms with E-state index in [1.807, 2.05) is 42.5 Å². The van der Waals surface area contributed by atoms with E-state index in [0.29, 0.717) is 22.1 Å². The highest BCUT2D eigenvalue weighted by molar-refractivity contribution is 6.30. The lowest BCUT2D eigenvalue weighted by molar-refractivity contribution is -0.118. The van der Waals surface area contributed by atoms with E-state index >= 15 is 0 Å². The molecule has 2 heterocycles. The second kappa shape index (κ2) is 8.17. The predicted molar refractivity (Wildman–Crippen MR) is 121 cm³/mol. The normalized spacial score (nSPS) is 15.2. The van der Waals surface area contributed by atoms with Gasteiger partial charge in [0, 0.05) is 17.3 Å². The van der Waals surface area contributed by atoms with Crippen molar-refractivity contribution in [1.29, 1.82) is 0 Å². The van der Waals surface area contributed by atoms with Crippen LogP contribution in [0.5, 0.6) is 0 Å². The molecule has 0 radical (unpaired) electrons. The maximum atomic E-state index is 13.8. The molecular weight excluding hydrogens is 430 g/mol. The summed E-state index contributed by atoms with van der Waals surface area (Å²) < 4.78 is 27.6. The molecule has 0 aliphatic carbocycles. The van der Waals surface area contributed by atoms with Crippen molar-refractivity contribution in [2.75, 3.05) is 4.90 Å². The zero-order valence-electron chi connectivity index (χ0n) is 16.8. The van der Waals surface area contributed by atoms with Gasteiger partial charge in [-0.25, -0.2) is 13.8 Å². The number of amides is 1. The Kier molecular flexibility index (Phi) is 5.19. The van der Waals surface area contributed by atoms with E-state index in [0.717, 1.165) is 22.8 Å². The number of pyridine rings is 1. The van der Waals surface area contributed by atoms with E-state index in [1.54, 1.807) is 29.3 Å². The first-order valence-electron chi connectivity index (χ1n) is 10.1. The van der Waals surface area contributed by atoms with E-state index in [9.17, 15) is 13.6 Å². The molecule has 32 heavy (non-hydrogen) atoms. The van der Waals surface area contributed by atoms with Crippen LogP contribution in [-0.2, 0) is 11.2 Å². The van der Waals surface area contributed by atoms with E-state index in [2.05, 4.69) is 4.98 Å². The molecule has 0 bridgehead atoms. The molecule has 1 amide bonds. The quantitative estimate of drug-likeness (QED) is 0.350. The van der Waals surface area contributed by atoms with Gasteiger partial charge in [0.1, 0.15) is 17.5 Å². The van der Waals surface area contributed by atoms with Crippen LogP contribution in [0.2, 0.25) is 5.02 Å². The van der Waals surface area contributed by atoms with Crippen molar-refractivity contribution in [3.8, 4) is 11.1 Å². The topological polar surface area (TPSA) is 33.2 Å². The Balaban J connectivity index is 1.62. The van der Waals surface area contributed by atoms with Gasteiger partial charge in [-0.1, -0.05) is 35.9 Å². The monoisotopic (exact) mass is 446 g/mol. The van der Waals surface area contributed by atoms with Gasteiger partial charge in [0.05, 0.1) is 11.6 Å². The van der Waals surface area contributed by atoms with Crippen molar-refractivity contribution in [3.05, 3.63) is 113 Å². The number of benzene rings is 3. The molecule has 3 aromatic carbocycles. The highest BCUT2D eigenvalue weighted by atomic mass is 35.5. The summed E-state index contributed by atoms with van der Waals surface area (Å²) in [5, 5.41) is 0.612. The summed E-state index contributed by atoms with van der Waals surface area (Å²) in [5.74, 6) is -1.62. The van der Waals surface area contributed by atoms with E-state index < -0.39 is 17.6 Å². The summed E-state index contributed by atoms with van der Waals surface area (Å²) in [6, 6.07) is 21.9. The van der Waals surface area contributed by atoms with Crippen LogP contribution in [0.15, 0.2) is 85.1 Å². The highest BCUT2D eigenvalue weighted by Crippen LogP contribution is 2.44. The third-order valence-electron chi connectivity index (χ3n) is 5.56. The lowest BCUT2D eigenvalue weighted by Gasteiger charge is -2.17. The number of hydrogen-bond acceptors (Lipinski definition) is 2. The molecule has 1 aliphatic heterocycles. The molecule has 4 aromatic rings. The molecule has 1 unspecified atom stereocenters. The third-order valence-corrected chi connectivity index (χ3v) is 5.80. The molecule has 1 aliphatic rings. The van der Waals surface area contributed by atoms with Gasteiger partial charge in [-0.2, -0.15) is 0 Å². The zero-order valence-corrected chi connectivity index (χ0v) is 17.6. The largest absolute Gasteiger partial charge is 0.273 e. The van der Waals surface area contributed by atoms with Crippen molar-refractivity contribution < 1.29 is 13.6 Å². The van der Waals surface area contributed by atoms with Crippen LogP contribution in [0.1, 0.15) is 17.0 Å². The summed E-state index contributed by atoms with van der Waals surface area (Å²) >= 11 is 6.16. The van der Waals surface area contributed by atoms with Gasteiger partial charge in [-0.15, -0.1) is 0 Å². The van der Waals surface area contributed by atoms with Crippen molar-refractivity contribution in [2.24, 2.45) is 0 Å². The predicted octanol–water partition coefficient (Wildman–Crippen LogP) is 6.68. The van der Waals surface area contributed by atoms with Crippen LogP contribution < -0.4 is 4.90 Å². The average molecular weight is 447 g/mol. The Labute approximate surface area is 188 Å². The maximum Gasteiger partial charge on any atom is 0.240 e. The molecule has 1 atom stereocenters. The smallest absolute Gasteiger partial charge is 0.240 e. The summed E-state index contributed by atoms with van der Waals surface area (Å²) in [7, 11) is 0. The number of rotatable bonds is 4. The Bertz CT molecular complexity index is 1310. The van der Waals surface area contributed by atoms with Crippen molar-refractivity contribution in [2.45, 2.75) is 12.3 Å². The average Bonchev–Trinajstić information content (AvgIpc) is 3.04.